The van der Waals surface area contributed by atoms with E-state index in [0.717, 1.165) is 32.4 Å². The van der Waals surface area contributed by atoms with Crippen molar-refractivity contribution in [1.29, 1.82) is 5.26 Å². The molecular formula is C12H18N2O. The highest BCUT2D eigenvalue weighted by atomic mass is 16.2. The third-order valence-electron chi connectivity index (χ3n) is 3.83. The predicted octanol–water partition coefficient (Wildman–Crippen LogP) is 1.79. The minimum Gasteiger partial charge on any atom is -0.341 e. The fourth-order valence-corrected chi connectivity index (χ4v) is 2.32. The number of nitriles is 1. The lowest BCUT2D eigenvalue weighted by atomic mass is 9.95. The van der Waals surface area contributed by atoms with Gasteiger partial charge in [0.15, 0.2) is 0 Å². The van der Waals surface area contributed by atoms with E-state index < -0.39 is 5.41 Å². The summed E-state index contributed by atoms with van der Waals surface area (Å²) in [6, 6.07) is 2.18. The normalized spacial score (nSPS) is 27.9. The monoisotopic (exact) mass is 206 g/mol. The minimum atomic E-state index is -0.619. The molecule has 2 aliphatic rings. The van der Waals surface area contributed by atoms with Crippen molar-refractivity contribution < 1.29 is 4.79 Å². The molecule has 2 fully saturated rings. The van der Waals surface area contributed by atoms with E-state index in [1.165, 1.54) is 0 Å². The van der Waals surface area contributed by atoms with Crippen LogP contribution >= 0.6 is 0 Å². The van der Waals surface area contributed by atoms with Crippen molar-refractivity contribution in [3.63, 3.8) is 0 Å². The summed E-state index contributed by atoms with van der Waals surface area (Å²) in [5, 5.41) is 8.96. The molecule has 1 heterocycles. The van der Waals surface area contributed by atoms with E-state index in [-0.39, 0.29) is 5.91 Å². The molecule has 0 aromatic rings. The Bertz CT molecular complexity index is 312. The first-order valence-corrected chi connectivity index (χ1v) is 5.80. The SMILES string of the molecule is CC(C)C1CCN(C(=O)C2(C#N)CC2)C1. The van der Waals surface area contributed by atoms with Crippen LogP contribution in [0.5, 0.6) is 0 Å². The maximum atomic E-state index is 12.0. The molecule has 0 aromatic heterocycles. The highest BCUT2D eigenvalue weighted by Gasteiger charge is 2.53. The van der Waals surface area contributed by atoms with Gasteiger partial charge in [-0.05, 0) is 31.1 Å². The van der Waals surface area contributed by atoms with Gasteiger partial charge in [0.05, 0.1) is 6.07 Å². The summed E-state index contributed by atoms with van der Waals surface area (Å²) in [7, 11) is 0. The van der Waals surface area contributed by atoms with Gasteiger partial charge in [-0.15, -0.1) is 0 Å². The standard InChI is InChI=1S/C12H18N2O/c1-9(2)10-3-6-14(7-10)11(15)12(8-13)4-5-12/h9-10H,3-7H2,1-2H3. The zero-order valence-corrected chi connectivity index (χ0v) is 9.49. The van der Waals surface area contributed by atoms with Gasteiger partial charge in [0.25, 0.3) is 0 Å². The first-order chi connectivity index (χ1) is 7.09. The van der Waals surface area contributed by atoms with E-state index >= 15 is 0 Å². The number of carbonyl (C=O) groups is 1. The van der Waals surface area contributed by atoms with Crippen LogP contribution in [0.25, 0.3) is 0 Å². The molecule has 1 aliphatic carbocycles. The van der Waals surface area contributed by atoms with Crippen molar-refractivity contribution in [1.82, 2.24) is 4.90 Å². The second-order valence-electron chi connectivity index (χ2n) is 5.24. The van der Waals surface area contributed by atoms with Gasteiger partial charge in [0.1, 0.15) is 5.41 Å². The van der Waals surface area contributed by atoms with Gasteiger partial charge in [-0.25, -0.2) is 0 Å². The Morgan fingerprint density at radius 2 is 2.20 bits per heavy atom. The average molecular weight is 206 g/mol. The Balaban J connectivity index is 1.97. The van der Waals surface area contributed by atoms with Crippen molar-refractivity contribution in [3.8, 4) is 6.07 Å². The van der Waals surface area contributed by atoms with Gasteiger partial charge >= 0.3 is 0 Å². The molecule has 0 N–H and O–H groups in total. The van der Waals surface area contributed by atoms with Gasteiger partial charge in [-0.3, -0.25) is 4.79 Å². The average Bonchev–Trinajstić information content (AvgIpc) is 2.86. The Labute approximate surface area is 91.1 Å². The van der Waals surface area contributed by atoms with E-state index in [9.17, 15) is 4.79 Å². The Hall–Kier alpha value is -1.04. The fourth-order valence-electron chi connectivity index (χ4n) is 2.32. The zero-order chi connectivity index (χ0) is 11.1. The van der Waals surface area contributed by atoms with Gasteiger partial charge in [0.2, 0.25) is 5.91 Å². The predicted molar refractivity (Wildman–Crippen MR) is 56.8 cm³/mol. The number of likely N-dealkylation sites (tertiary alicyclic amines) is 1. The summed E-state index contributed by atoms with van der Waals surface area (Å²) in [5.41, 5.74) is -0.619. The van der Waals surface area contributed by atoms with E-state index in [1.54, 1.807) is 0 Å². The molecule has 1 saturated carbocycles. The Morgan fingerprint density at radius 1 is 1.53 bits per heavy atom. The van der Waals surface area contributed by atoms with Crippen LogP contribution in [0.15, 0.2) is 0 Å². The summed E-state index contributed by atoms with van der Waals surface area (Å²) >= 11 is 0. The molecule has 2 rings (SSSR count). The topological polar surface area (TPSA) is 44.1 Å². The first-order valence-electron chi connectivity index (χ1n) is 5.80. The smallest absolute Gasteiger partial charge is 0.243 e. The number of hydrogen-bond donors (Lipinski definition) is 0. The molecule has 1 aliphatic heterocycles. The van der Waals surface area contributed by atoms with Crippen molar-refractivity contribution >= 4 is 5.91 Å². The molecule has 3 heteroatoms. The van der Waals surface area contributed by atoms with Crippen LogP contribution < -0.4 is 0 Å². The van der Waals surface area contributed by atoms with E-state index in [0.29, 0.717) is 11.8 Å². The number of hydrogen-bond acceptors (Lipinski definition) is 2. The summed E-state index contributed by atoms with van der Waals surface area (Å²) < 4.78 is 0. The first kappa shape index (κ1) is 10.5. The summed E-state index contributed by atoms with van der Waals surface area (Å²) in [5.74, 6) is 1.36. The second-order valence-corrected chi connectivity index (χ2v) is 5.24. The molecule has 82 valence electrons. The zero-order valence-electron chi connectivity index (χ0n) is 9.49. The van der Waals surface area contributed by atoms with Crippen molar-refractivity contribution in [2.75, 3.05) is 13.1 Å². The lowest BCUT2D eigenvalue weighted by molar-refractivity contribution is -0.134. The molecule has 1 amide bonds. The van der Waals surface area contributed by atoms with Gasteiger partial charge in [0, 0.05) is 13.1 Å². The van der Waals surface area contributed by atoms with Crippen LogP contribution in [0.4, 0.5) is 0 Å². The number of amides is 1. The molecule has 0 aromatic carbocycles. The maximum absolute atomic E-state index is 12.0. The summed E-state index contributed by atoms with van der Waals surface area (Å²) in [6.45, 7) is 6.12. The third kappa shape index (κ3) is 1.73. The van der Waals surface area contributed by atoms with E-state index in [4.69, 9.17) is 5.26 Å². The maximum Gasteiger partial charge on any atom is 0.243 e. The number of carbonyl (C=O) groups excluding carboxylic acids is 1. The van der Waals surface area contributed by atoms with Crippen LogP contribution in [0.1, 0.15) is 33.1 Å². The molecule has 0 radical (unpaired) electrons. The van der Waals surface area contributed by atoms with Crippen LogP contribution in [-0.2, 0) is 4.79 Å². The molecule has 15 heavy (non-hydrogen) atoms. The van der Waals surface area contributed by atoms with E-state index in [1.807, 2.05) is 4.90 Å². The van der Waals surface area contributed by atoms with Gasteiger partial charge < -0.3 is 4.90 Å². The highest BCUT2D eigenvalue weighted by molar-refractivity contribution is 5.88. The van der Waals surface area contributed by atoms with Gasteiger partial charge in [-0.1, -0.05) is 13.8 Å². The van der Waals surface area contributed by atoms with Crippen molar-refractivity contribution in [2.24, 2.45) is 17.3 Å². The molecule has 1 saturated heterocycles. The van der Waals surface area contributed by atoms with Crippen LogP contribution in [0, 0.1) is 28.6 Å². The molecular weight excluding hydrogens is 188 g/mol. The van der Waals surface area contributed by atoms with Crippen molar-refractivity contribution in [3.05, 3.63) is 0 Å². The van der Waals surface area contributed by atoms with Crippen LogP contribution in [-0.4, -0.2) is 23.9 Å². The second kappa shape index (κ2) is 3.52. The van der Waals surface area contributed by atoms with Gasteiger partial charge in [-0.2, -0.15) is 5.26 Å². The number of nitrogens with zero attached hydrogens (tertiary/aromatic N) is 2. The Morgan fingerprint density at radius 3 is 2.60 bits per heavy atom. The van der Waals surface area contributed by atoms with Crippen LogP contribution in [0.2, 0.25) is 0 Å². The quantitative estimate of drug-likeness (QED) is 0.691. The lowest BCUT2D eigenvalue weighted by Gasteiger charge is -2.20. The largest absolute Gasteiger partial charge is 0.341 e. The molecule has 0 bridgehead atoms. The number of rotatable bonds is 2. The minimum absolute atomic E-state index is 0.0909. The van der Waals surface area contributed by atoms with E-state index in [2.05, 4.69) is 19.9 Å². The molecule has 1 unspecified atom stereocenters. The Kier molecular flexibility index (Phi) is 2.46. The molecule has 0 spiro atoms. The third-order valence-corrected chi connectivity index (χ3v) is 3.83. The molecule has 3 nitrogen and oxygen atoms in total. The van der Waals surface area contributed by atoms with Crippen LogP contribution in [0.3, 0.4) is 0 Å². The lowest BCUT2D eigenvalue weighted by Crippen LogP contribution is -2.35. The fraction of sp³-hybridized carbons (Fsp3) is 0.833. The molecule has 1 atom stereocenters. The highest BCUT2D eigenvalue weighted by Crippen LogP contribution is 2.47. The van der Waals surface area contributed by atoms with Crippen molar-refractivity contribution in [2.45, 2.75) is 33.1 Å². The summed E-state index contributed by atoms with van der Waals surface area (Å²) in [4.78, 5) is 13.9. The summed E-state index contributed by atoms with van der Waals surface area (Å²) in [6.07, 6.45) is 2.64.